The predicted molar refractivity (Wildman–Crippen MR) is 121 cm³/mol. The highest BCUT2D eigenvalue weighted by Gasteiger charge is 2.20. The third kappa shape index (κ3) is 4.34. The zero-order valence-corrected chi connectivity index (χ0v) is 17.0. The van der Waals surface area contributed by atoms with Gasteiger partial charge in [0.15, 0.2) is 0 Å². The molecule has 2 aromatic carbocycles. The van der Waals surface area contributed by atoms with Gasteiger partial charge in [0, 0.05) is 30.2 Å². The van der Waals surface area contributed by atoms with E-state index >= 15 is 0 Å². The molecule has 2 aromatic heterocycles. The van der Waals surface area contributed by atoms with Gasteiger partial charge in [-0.25, -0.2) is 14.6 Å². The minimum atomic E-state index is -1.57. The standard InChI is InChI=1S/C21H14N6O7/c28-17-6-7-26(10-14(17)25-21(32)22-11-4-2-1-3-5-11)15-8-12-13(9-16(15)27(33)34)24-19(29)18(23-12)20(30)31/h1-10H,(H,24,29)(H,30,31)(H2,22,25,32). The third-order valence-corrected chi connectivity index (χ3v) is 4.67. The van der Waals surface area contributed by atoms with E-state index in [2.05, 4.69) is 20.6 Å². The van der Waals surface area contributed by atoms with Crippen molar-refractivity contribution in [2.75, 3.05) is 10.6 Å². The minimum absolute atomic E-state index is 0.0346. The number of carbonyl (C=O) groups excluding carboxylic acids is 1. The summed E-state index contributed by atoms with van der Waals surface area (Å²) in [6, 6.07) is 11.1. The summed E-state index contributed by atoms with van der Waals surface area (Å²) in [6.07, 6.45) is 2.41. The van der Waals surface area contributed by atoms with Gasteiger partial charge in [-0.1, -0.05) is 18.2 Å². The number of carboxylic acids is 1. The van der Waals surface area contributed by atoms with Crippen LogP contribution in [0, 0.1) is 10.1 Å². The molecule has 0 fully saturated rings. The maximum Gasteiger partial charge on any atom is 0.360 e. The number of nitrogens with zero attached hydrogens (tertiary/aromatic N) is 3. The van der Waals surface area contributed by atoms with Gasteiger partial charge in [-0.15, -0.1) is 0 Å². The van der Waals surface area contributed by atoms with E-state index in [9.17, 15) is 29.3 Å². The molecule has 2 amide bonds. The van der Waals surface area contributed by atoms with Crippen LogP contribution in [-0.4, -0.2) is 36.6 Å². The molecule has 0 radical (unpaired) electrons. The van der Waals surface area contributed by atoms with E-state index in [4.69, 9.17) is 5.11 Å². The van der Waals surface area contributed by atoms with E-state index < -0.39 is 39.3 Å². The van der Waals surface area contributed by atoms with Crippen molar-refractivity contribution in [2.24, 2.45) is 0 Å². The first kappa shape index (κ1) is 21.9. The van der Waals surface area contributed by atoms with Crippen LogP contribution in [0.2, 0.25) is 0 Å². The van der Waals surface area contributed by atoms with E-state index in [1.165, 1.54) is 23.0 Å². The Kier molecular flexibility index (Phi) is 5.57. The fourth-order valence-corrected chi connectivity index (χ4v) is 3.14. The van der Waals surface area contributed by atoms with Crippen molar-refractivity contribution < 1.29 is 19.6 Å². The number of carbonyl (C=O) groups is 2. The van der Waals surface area contributed by atoms with Crippen LogP contribution in [0.25, 0.3) is 16.7 Å². The molecule has 4 rings (SSSR count). The van der Waals surface area contributed by atoms with Crippen molar-refractivity contribution >= 4 is 40.1 Å². The van der Waals surface area contributed by atoms with Crippen molar-refractivity contribution in [2.45, 2.75) is 0 Å². The van der Waals surface area contributed by atoms with Gasteiger partial charge >= 0.3 is 12.0 Å². The average molecular weight is 462 g/mol. The number of urea groups is 1. The van der Waals surface area contributed by atoms with Gasteiger partial charge in [-0.05, 0) is 18.2 Å². The van der Waals surface area contributed by atoms with Crippen LogP contribution in [0.1, 0.15) is 10.5 Å². The molecule has 0 saturated heterocycles. The SMILES string of the molecule is O=C(Nc1ccccc1)Nc1cn(-c2cc3nc(C(=O)O)c(=O)[nH]c3cc2[N+](=O)[O-])ccc1=O. The number of hydrogen-bond acceptors (Lipinski definition) is 7. The number of nitro groups is 1. The van der Waals surface area contributed by atoms with Crippen LogP contribution < -0.4 is 21.6 Å². The predicted octanol–water partition coefficient (Wildman–Crippen LogP) is 2.32. The highest BCUT2D eigenvalue weighted by atomic mass is 16.6. The molecule has 4 aromatic rings. The van der Waals surface area contributed by atoms with Crippen LogP contribution in [-0.2, 0) is 0 Å². The number of hydrogen-bond donors (Lipinski definition) is 4. The molecule has 2 heterocycles. The van der Waals surface area contributed by atoms with Gasteiger partial charge in [0.05, 0.1) is 16.0 Å². The Morgan fingerprint density at radius 2 is 1.82 bits per heavy atom. The van der Waals surface area contributed by atoms with Crippen LogP contribution >= 0.6 is 0 Å². The number of nitro benzene ring substituents is 1. The lowest BCUT2D eigenvalue weighted by Gasteiger charge is -2.12. The molecule has 0 unspecified atom stereocenters. The van der Waals surface area contributed by atoms with Gasteiger partial charge < -0.3 is 25.3 Å². The van der Waals surface area contributed by atoms with Gasteiger partial charge in [0.25, 0.3) is 11.2 Å². The Balaban J connectivity index is 1.78. The summed E-state index contributed by atoms with van der Waals surface area (Å²) in [5.74, 6) is -1.57. The van der Waals surface area contributed by atoms with Crippen molar-refractivity contribution in [3.8, 4) is 5.69 Å². The quantitative estimate of drug-likeness (QED) is 0.257. The average Bonchev–Trinajstić information content (AvgIpc) is 2.79. The van der Waals surface area contributed by atoms with E-state index in [1.807, 2.05) is 0 Å². The molecule has 0 spiro atoms. The number of pyridine rings is 1. The fourth-order valence-electron chi connectivity index (χ4n) is 3.14. The monoisotopic (exact) mass is 462 g/mol. The Labute approximate surface area is 188 Å². The van der Waals surface area contributed by atoms with E-state index in [-0.39, 0.29) is 22.4 Å². The Hall–Kier alpha value is -5.33. The second-order valence-electron chi connectivity index (χ2n) is 6.91. The molecule has 0 aliphatic rings. The highest BCUT2D eigenvalue weighted by molar-refractivity contribution is 5.99. The van der Waals surface area contributed by atoms with Gasteiger partial charge in [0.2, 0.25) is 11.1 Å². The Bertz CT molecular complexity index is 1580. The van der Waals surface area contributed by atoms with Gasteiger partial charge in [-0.3, -0.25) is 19.7 Å². The fraction of sp³-hybridized carbons (Fsp3) is 0. The summed E-state index contributed by atoms with van der Waals surface area (Å²) in [6.45, 7) is 0. The number of fused-ring (bicyclic) bond motifs is 1. The molecule has 0 saturated carbocycles. The molecular formula is C21H14N6O7. The van der Waals surface area contributed by atoms with E-state index in [0.717, 1.165) is 12.1 Å². The Morgan fingerprint density at radius 3 is 2.50 bits per heavy atom. The topological polar surface area (TPSA) is 189 Å². The number of rotatable bonds is 5. The molecule has 0 atom stereocenters. The van der Waals surface area contributed by atoms with Crippen molar-refractivity contribution in [3.63, 3.8) is 0 Å². The van der Waals surface area contributed by atoms with Gasteiger partial charge in [0.1, 0.15) is 11.4 Å². The summed E-state index contributed by atoms with van der Waals surface area (Å²) < 4.78 is 1.20. The highest BCUT2D eigenvalue weighted by Crippen LogP contribution is 2.27. The summed E-state index contributed by atoms with van der Waals surface area (Å²) in [7, 11) is 0. The van der Waals surface area contributed by atoms with Crippen molar-refractivity contribution in [3.05, 3.63) is 97.3 Å². The molecular weight excluding hydrogens is 448 g/mol. The molecule has 13 heteroatoms. The molecule has 4 N–H and O–H groups in total. The smallest absolute Gasteiger partial charge is 0.360 e. The molecule has 0 bridgehead atoms. The number of benzene rings is 2. The summed E-state index contributed by atoms with van der Waals surface area (Å²) in [5.41, 5.74) is -2.68. The largest absolute Gasteiger partial charge is 0.476 e. The number of anilines is 2. The van der Waals surface area contributed by atoms with Crippen molar-refractivity contribution in [1.29, 1.82) is 0 Å². The number of H-pyrrole nitrogens is 1. The van der Waals surface area contributed by atoms with Crippen molar-refractivity contribution in [1.82, 2.24) is 14.5 Å². The first-order valence-electron chi connectivity index (χ1n) is 9.54. The number of para-hydroxylation sites is 1. The summed E-state index contributed by atoms with van der Waals surface area (Å²) >= 11 is 0. The minimum Gasteiger partial charge on any atom is -0.476 e. The Morgan fingerprint density at radius 1 is 1.09 bits per heavy atom. The van der Waals surface area contributed by atoms with E-state index in [0.29, 0.717) is 5.69 Å². The van der Waals surface area contributed by atoms with Gasteiger partial charge in [-0.2, -0.15) is 0 Å². The normalized spacial score (nSPS) is 10.6. The first-order chi connectivity index (χ1) is 16.2. The zero-order chi connectivity index (χ0) is 24.4. The third-order valence-electron chi connectivity index (χ3n) is 4.67. The molecule has 0 aliphatic heterocycles. The lowest BCUT2D eigenvalue weighted by molar-refractivity contribution is -0.384. The lowest BCUT2D eigenvalue weighted by Crippen LogP contribution is -2.24. The van der Waals surface area contributed by atoms with Crippen LogP contribution in [0.3, 0.4) is 0 Å². The summed E-state index contributed by atoms with van der Waals surface area (Å²) in [5, 5.41) is 25.7. The van der Waals surface area contributed by atoms with E-state index in [1.54, 1.807) is 30.3 Å². The number of aromatic amines is 1. The maximum atomic E-state index is 12.3. The number of carboxylic acid groups (broad SMARTS) is 1. The number of amides is 2. The molecule has 0 aliphatic carbocycles. The second-order valence-corrected chi connectivity index (χ2v) is 6.91. The van der Waals surface area contributed by atoms with Crippen LogP contribution in [0.5, 0.6) is 0 Å². The summed E-state index contributed by atoms with van der Waals surface area (Å²) in [4.78, 5) is 64.7. The molecule has 170 valence electrons. The lowest BCUT2D eigenvalue weighted by atomic mass is 10.2. The number of nitrogens with one attached hydrogen (secondary N) is 3. The zero-order valence-electron chi connectivity index (χ0n) is 17.0. The van der Waals surface area contributed by atoms with Crippen LogP contribution in [0.4, 0.5) is 21.9 Å². The molecule has 34 heavy (non-hydrogen) atoms. The molecule has 13 nitrogen and oxygen atoms in total. The first-order valence-corrected chi connectivity index (χ1v) is 9.54. The maximum absolute atomic E-state index is 12.3. The number of aromatic carboxylic acids is 1. The second kappa shape index (κ2) is 8.66. The number of aromatic nitrogens is 3. The van der Waals surface area contributed by atoms with Crippen LogP contribution in [0.15, 0.2) is 70.5 Å².